The molecule has 1 aliphatic rings. The van der Waals surface area contributed by atoms with E-state index in [1.165, 1.54) is 0 Å². The third-order valence-electron chi connectivity index (χ3n) is 3.84. The van der Waals surface area contributed by atoms with Crippen molar-refractivity contribution in [2.24, 2.45) is 0 Å². The molecule has 0 aromatic heterocycles. The lowest BCUT2D eigenvalue weighted by Crippen LogP contribution is -2.41. The average molecular weight is 354 g/mol. The van der Waals surface area contributed by atoms with Crippen LogP contribution in [-0.4, -0.2) is 44.4 Å². The number of amides is 1. The lowest BCUT2D eigenvalue weighted by Gasteiger charge is -2.34. The molecular formula is C17H26N2O4S. The molecule has 0 radical (unpaired) electrons. The zero-order valence-electron chi connectivity index (χ0n) is 14.7. The van der Waals surface area contributed by atoms with E-state index < -0.39 is 15.6 Å². The highest BCUT2D eigenvalue weighted by molar-refractivity contribution is 7.92. The van der Waals surface area contributed by atoms with E-state index in [0.29, 0.717) is 18.8 Å². The number of nitrogens with one attached hydrogen (secondary N) is 1. The average Bonchev–Trinajstić information content (AvgIpc) is 2.44. The molecule has 1 aromatic carbocycles. The Labute approximate surface area is 144 Å². The van der Waals surface area contributed by atoms with Gasteiger partial charge in [0.1, 0.15) is 5.60 Å². The quantitative estimate of drug-likeness (QED) is 0.904. The predicted octanol–water partition coefficient (Wildman–Crippen LogP) is 3.17. The lowest BCUT2D eigenvalue weighted by molar-refractivity contribution is 0.0205. The normalized spacial score (nSPS) is 16.8. The molecule has 2 rings (SSSR count). The summed E-state index contributed by atoms with van der Waals surface area (Å²) in [5.41, 5.74) is 1.10. The first-order valence-corrected chi connectivity index (χ1v) is 9.99. The third kappa shape index (κ3) is 5.40. The maximum atomic E-state index is 12.1. The van der Waals surface area contributed by atoms with Crippen LogP contribution in [0.2, 0.25) is 0 Å². The topological polar surface area (TPSA) is 75.7 Å². The number of likely N-dealkylation sites (tertiary alicyclic amines) is 1. The standard InChI is InChI=1S/C17H26N2O4S/c1-17(2,3)23-16(20)19-11-9-13(10-12-19)14-7-5-6-8-15(14)18-24(4,21)22/h5-8,13,18H,9-12H2,1-4H3. The van der Waals surface area contributed by atoms with Crippen molar-refractivity contribution in [3.8, 4) is 0 Å². The number of hydrogen-bond donors (Lipinski definition) is 1. The smallest absolute Gasteiger partial charge is 0.410 e. The summed E-state index contributed by atoms with van der Waals surface area (Å²) in [4.78, 5) is 13.8. The first-order valence-electron chi connectivity index (χ1n) is 8.10. The summed E-state index contributed by atoms with van der Waals surface area (Å²) in [6, 6.07) is 7.44. The fourth-order valence-corrected chi connectivity index (χ4v) is 3.43. The van der Waals surface area contributed by atoms with Crippen LogP contribution >= 0.6 is 0 Å². The highest BCUT2D eigenvalue weighted by Gasteiger charge is 2.28. The molecule has 0 aliphatic carbocycles. The molecular weight excluding hydrogens is 328 g/mol. The number of hydrogen-bond acceptors (Lipinski definition) is 4. The Morgan fingerprint density at radius 3 is 2.33 bits per heavy atom. The second kappa shape index (κ2) is 7.01. The third-order valence-corrected chi connectivity index (χ3v) is 4.43. The molecule has 0 atom stereocenters. The largest absolute Gasteiger partial charge is 0.444 e. The molecule has 0 saturated carbocycles. The van der Waals surface area contributed by atoms with Gasteiger partial charge in [-0.3, -0.25) is 4.72 Å². The minimum Gasteiger partial charge on any atom is -0.444 e. The minimum absolute atomic E-state index is 0.217. The van der Waals surface area contributed by atoms with E-state index in [1.54, 1.807) is 11.0 Å². The molecule has 1 aliphatic heterocycles. The molecule has 1 amide bonds. The Morgan fingerprint density at radius 2 is 1.79 bits per heavy atom. The number of carbonyl (C=O) groups excluding carboxylic acids is 1. The van der Waals surface area contributed by atoms with E-state index in [1.807, 2.05) is 39.0 Å². The van der Waals surface area contributed by atoms with Gasteiger partial charge in [0.2, 0.25) is 10.0 Å². The van der Waals surface area contributed by atoms with Crippen molar-refractivity contribution >= 4 is 21.8 Å². The predicted molar refractivity (Wildman–Crippen MR) is 94.7 cm³/mol. The van der Waals surface area contributed by atoms with Crippen molar-refractivity contribution in [1.29, 1.82) is 0 Å². The molecule has 6 nitrogen and oxygen atoms in total. The monoisotopic (exact) mass is 354 g/mol. The fourth-order valence-electron chi connectivity index (χ4n) is 2.85. The van der Waals surface area contributed by atoms with Crippen molar-refractivity contribution in [2.45, 2.75) is 45.1 Å². The number of ether oxygens (including phenoxy) is 1. The van der Waals surface area contributed by atoms with Crippen LogP contribution in [-0.2, 0) is 14.8 Å². The number of anilines is 1. The van der Waals surface area contributed by atoms with Gasteiger partial charge in [-0.15, -0.1) is 0 Å². The molecule has 1 aromatic rings. The van der Waals surface area contributed by atoms with E-state index in [9.17, 15) is 13.2 Å². The summed E-state index contributed by atoms with van der Waals surface area (Å²) in [5, 5.41) is 0. The van der Waals surface area contributed by atoms with Crippen molar-refractivity contribution in [2.75, 3.05) is 24.1 Å². The van der Waals surface area contributed by atoms with Gasteiger partial charge in [0.15, 0.2) is 0 Å². The highest BCUT2D eigenvalue weighted by Crippen LogP contribution is 2.33. The maximum Gasteiger partial charge on any atom is 0.410 e. The van der Waals surface area contributed by atoms with Crippen LogP contribution in [0.25, 0.3) is 0 Å². The minimum atomic E-state index is -3.32. The van der Waals surface area contributed by atoms with E-state index in [-0.39, 0.29) is 12.0 Å². The number of para-hydroxylation sites is 1. The summed E-state index contributed by atoms with van der Waals surface area (Å²) in [5.74, 6) is 0.217. The number of piperidine rings is 1. The van der Waals surface area contributed by atoms with Crippen LogP contribution in [0, 0.1) is 0 Å². The molecule has 0 unspecified atom stereocenters. The molecule has 24 heavy (non-hydrogen) atoms. The van der Waals surface area contributed by atoms with Crippen LogP contribution in [0.5, 0.6) is 0 Å². The zero-order valence-corrected chi connectivity index (χ0v) is 15.5. The van der Waals surface area contributed by atoms with Gasteiger partial charge >= 0.3 is 6.09 Å². The fraction of sp³-hybridized carbons (Fsp3) is 0.588. The molecule has 1 fully saturated rings. The number of nitrogens with zero attached hydrogens (tertiary/aromatic N) is 1. The van der Waals surface area contributed by atoms with Gasteiger partial charge in [-0.25, -0.2) is 13.2 Å². The van der Waals surface area contributed by atoms with E-state index in [0.717, 1.165) is 24.7 Å². The summed E-state index contributed by atoms with van der Waals surface area (Å²) < 4.78 is 31.0. The Hall–Kier alpha value is -1.76. The highest BCUT2D eigenvalue weighted by atomic mass is 32.2. The number of rotatable bonds is 3. The van der Waals surface area contributed by atoms with Gasteiger partial charge < -0.3 is 9.64 Å². The van der Waals surface area contributed by atoms with Crippen LogP contribution in [0.15, 0.2) is 24.3 Å². The van der Waals surface area contributed by atoms with Crippen molar-refractivity contribution in [3.05, 3.63) is 29.8 Å². The first-order chi connectivity index (χ1) is 11.1. The summed E-state index contributed by atoms with van der Waals surface area (Å²) in [6.45, 7) is 6.76. The molecule has 1 saturated heterocycles. The van der Waals surface area contributed by atoms with Gasteiger partial charge in [-0.1, -0.05) is 18.2 Å². The van der Waals surface area contributed by atoms with Crippen LogP contribution in [0.1, 0.15) is 45.1 Å². The molecule has 0 bridgehead atoms. The second-order valence-corrected chi connectivity index (χ2v) is 8.95. The summed E-state index contributed by atoms with van der Waals surface area (Å²) >= 11 is 0. The first kappa shape index (κ1) is 18.6. The molecule has 1 N–H and O–H groups in total. The maximum absolute atomic E-state index is 12.1. The van der Waals surface area contributed by atoms with Gasteiger partial charge in [0, 0.05) is 13.1 Å². The number of sulfonamides is 1. The number of benzene rings is 1. The van der Waals surface area contributed by atoms with Crippen LogP contribution < -0.4 is 4.72 Å². The van der Waals surface area contributed by atoms with Crippen LogP contribution in [0.3, 0.4) is 0 Å². The Bertz CT molecular complexity index is 687. The van der Waals surface area contributed by atoms with Crippen LogP contribution in [0.4, 0.5) is 10.5 Å². The number of carbonyl (C=O) groups is 1. The summed E-state index contributed by atoms with van der Waals surface area (Å²) in [7, 11) is -3.32. The summed E-state index contributed by atoms with van der Waals surface area (Å²) in [6.07, 6.45) is 2.42. The van der Waals surface area contributed by atoms with Gasteiger partial charge in [0.05, 0.1) is 11.9 Å². The Balaban J connectivity index is 2.04. The Morgan fingerprint density at radius 1 is 1.21 bits per heavy atom. The van der Waals surface area contributed by atoms with Gasteiger partial charge in [0.25, 0.3) is 0 Å². The van der Waals surface area contributed by atoms with Gasteiger partial charge in [-0.05, 0) is 51.2 Å². The van der Waals surface area contributed by atoms with Crippen molar-refractivity contribution in [3.63, 3.8) is 0 Å². The molecule has 7 heteroatoms. The SMILES string of the molecule is CC(C)(C)OC(=O)N1CCC(c2ccccc2NS(C)(=O)=O)CC1. The van der Waals surface area contributed by atoms with E-state index in [2.05, 4.69) is 4.72 Å². The molecule has 134 valence electrons. The molecule has 0 spiro atoms. The zero-order chi connectivity index (χ0) is 18.0. The van der Waals surface area contributed by atoms with E-state index >= 15 is 0 Å². The molecule has 1 heterocycles. The second-order valence-electron chi connectivity index (χ2n) is 7.20. The van der Waals surface area contributed by atoms with Crippen molar-refractivity contribution < 1.29 is 17.9 Å². The van der Waals surface area contributed by atoms with Gasteiger partial charge in [-0.2, -0.15) is 0 Å². The Kier molecular flexibility index (Phi) is 5.42. The lowest BCUT2D eigenvalue weighted by atomic mass is 9.88. The van der Waals surface area contributed by atoms with E-state index in [4.69, 9.17) is 4.74 Å². The van der Waals surface area contributed by atoms with Crippen molar-refractivity contribution in [1.82, 2.24) is 4.90 Å².